The van der Waals surface area contributed by atoms with Gasteiger partial charge in [-0.05, 0) is 37.3 Å². The van der Waals surface area contributed by atoms with E-state index in [1.165, 1.54) is 12.1 Å². The van der Waals surface area contributed by atoms with Crippen molar-refractivity contribution in [3.05, 3.63) is 54.6 Å². The average Bonchev–Trinajstić information content (AvgIpc) is 2.96. The van der Waals surface area contributed by atoms with Crippen LogP contribution in [0.3, 0.4) is 0 Å². The smallest absolute Gasteiger partial charge is 0.387 e. The number of aryl methyl sites for hydroxylation is 1. The zero-order chi connectivity index (χ0) is 18.7. The molecule has 0 unspecified atom stereocenters. The highest BCUT2D eigenvalue weighted by Gasteiger charge is 2.11. The van der Waals surface area contributed by atoms with Crippen LogP contribution in [0.1, 0.15) is 11.5 Å². The van der Waals surface area contributed by atoms with E-state index in [0.717, 1.165) is 11.5 Å². The van der Waals surface area contributed by atoms with E-state index in [-0.39, 0.29) is 17.5 Å². The van der Waals surface area contributed by atoms with E-state index in [4.69, 9.17) is 5.73 Å². The first kappa shape index (κ1) is 17.3. The Kier molecular flexibility index (Phi) is 4.78. The van der Waals surface area contributed by atoms with Gasteiger partial charge in [-0.3, -0.25) is 4.57 Å². The average molecular weight is 358 g/mol. The van der Waals surface area contributed by atoms with Crippen molar-refractivity contribution in [2.75, 3.05) is 11.1 Å². The van der Waals surface area contributed by atoms with Gasteiger partial charge >= 0.3 is 6.61 Å². The Morgan fingerprint density at radius 1 is 1.27 bits per heavy atom. The first-order valence-electron chi connectivity index (χ1n) is 7.60. The molecule has 0 saturated carbocycles. The largest absolute Gasteiger partial charge is 0.435 e. The van der Waals surface area contributed by atoms with Crippen molar-refractivity contribution in [1.82, 2.24) is 19.5 Å². The van der Waals surface area contributed by atoms with Crippen LogP contribution in [0.25, 0.3) is 11.9 Å². The summed E-state index contributed by atoms with van der Waals surface area (Å²) in [7, 11) is 0. The molecule has 1 aromatic carbocycles. The van der Waals surface area contributed by atoms with Crippen molar-refractivity contribution < 1.29 is 13.5 Å². The lowest BCUT2D eigenvalue weighted by Crippen LogP contribution is -2.08. The lowest BCUT2D eigenvalue weighted by atomic mass is 10.3. The number of aromatic nitrogens is 4. The highest BCUT2D eigenvalue weighted by atomic mass is 19.3. The Labute approximate surface area is 148 Å². The van der Waals surface area contributed by atoms with Gasteiger partial charge in [-0.2, -0.15) is 18.7 Å². The van der Waals surface area contributed by atoms with Gasteiger partial charge in [-0.15, -0.1) is 0 Å². The number of rotatable bonds is 6. The van der Waals surface area contributed by atoms with Gasteiger partial charge in [0.25, 0.3) is 0 Å². The van der Waals surface area contributed by atoms with Gasteiger partial charge in [-0.25, -0.2) is 4.98 Å². The quantitative estimate of drug-likeness (QED) is 0.700. The number of hydrogen-bond donors (Lipinski definition) is 2. The number of nitrogens with one attached hydrogen (secondary N) is 1. The van der Waals surface area contributed by atoms with Crippen molar-refractivity contribution >= 4 is 23.5 Å². The number of ether oxygens (including phenoxy) is 1. The van der Waals surface area contributed by atoms with Crippen LogP contribution >= 0.6 is 0 Å². The molecule has 3 rings (SSSR count). The summed E-state index contributed by atoms with van der Waals surface area (Å²) in [5.41, 5.74) is 7.24. The standard InChI is InChI=1S/C17H16F2N6O/c1-3-12-9-21-10(2)25(12)15-8-14(20)23-17(24-15)22-11-4-6-13(7-5-11)26-16(18)19/h3-9,16H,1H2,2H3,(H3,20,22,23,24). The summed E-state index contributed by atoms with van der Waals surface area (Å²) in [4.78, 5) is 12.8. The van der Waals surface area contributed by atoms with Crippen LogP contribution in [0, 0.1) is 6.92 Å². The van der Waals surface area contributed by atoms with Gasteiger partial charge in [0.15, 0.2) is 0 Å². The number of alkyl halides is 2. The molecule has 0 aliphatic heterocycles. The van der Waals surface area contributed by atoms with E-state index in [1.807, 2.05) is 6.92 Å². The zero-order valence-corrected chi connectivity index (χ0v) is 13.9. The number of nitrogen functional groups attached to an aromatic ring is 1. The van der Waals surface area contributed by atoms with Gasteiger partial charge in [0.1, 0.15) is 23.2 Å². The van der Waals surface area contributed by atoms with E-state index >= 15 is 0 Å². The third kappa shape index (κ3) is 3.77. The highest BCUT2D eigenvalue weighted by molar-refractivity contribution is 5.58. The molecule has 9 heteroatoms. The Balaban J connectivity index is 1.88. The van der Waals surface area contributed by atoms with Crippen molar-refractivity contribution in [2.45, 2.75) is 13.5 Å². The molecule has 0 atom stereocenters. The number of benzene rings is 1. The lowest BCUT2D eigenvalue weighted by molar-refractivity contribution is -0.0498. The Bertz CT molecular complexity index is 924. The van der Waals surface area contributed by atoms with Crippen molar-refractivity contribution in [3.8, 4) is 11.6 Å². The molecule has 7 nitrogen and oxygen atoms in total. The summed E-state index contributed by atoms with van der Waals surface area (Å²) in [6, 6.07) is 7.59. The fourth-order valence-electron chi connectivity index (χ4n) is 2.38. The predicted octanol–water partition coefficient (Wildman–Crippen LogP) is 3.54. The van der Waals surface area contributed by atoms with E-state index in [9.17, 15) is 8.78 Å². The Morgan fingerprint density at radius 3 is 2.65 bits per heavy atom. The van der Waals surface area contributed by atoms with Gasteiger partial charge in [0.05, 0.1) is 11.9 Å². The second-order valence-electron chi connectivity index (χ2n) is 5.27. The molecule has 0 radical (unpaired) electrons. The number of nitrogens with two attached hydrogens (primary N) is 1. The second kappa shape index (κ2) is 7.18. The topological polar surface area (TPSA) is 90.9 Å². The summed E-state index contributed by atoms with van der Waals surface area (Å²) >= 11 is 0. The van der Waals surface area contributed by atoms with Gasteiger partial charge in [0.2, 0.25) is 5.95 Å². The van der Waals surface area contributed by atoms with E-state index in [1.54, 1.807) is 35.0 Å². The summed E-state index contributed by atoms with van der Waals surface area (Å²) < 4.78 is 30.5. The third-order valence-corrected chi connectivity index (χ3v) is 3.47. The normalized spacial score (nSPS) is 10.8. The number of hydrogen-bond acceptors (Lipinski definition) is 6. The fraction of sp³-hybridized carbons (Fsp3) is 0.118. The molecule has 2 aromatic heterocycles. The Morgan fingerprint density at radius 2 is 2.00 bits per heavy atom. The third-order valence-electron chi connectivity index (χ3n) is 3.47. The van der Waals surface area contributed by atoms with Crippen molar-refractivity contribution in [1.29, 1.82) is 0 Å². The van der Waals surface area contributed by atoms with Crippen LogP contribution in [0.4, 0.5) is 26.2 Å². The first-order chi connectivity index (χ1) is 12.5. The molecule has 26 heavy (non-hydrogen) atoms. The molecule has 0 spiro atoms. The van der Waals surface area contributed by atoms with Crippen LogP contribution in [0.15, 0.2) is 43.1 Å². The fourth-order valence-corrected chi connectivity index (χ4v) is 2.38. The molecule has 134 valence electrons. The van der Waals surface area contributed by atoms with E-state index in [0.29, 0.717) is 11.5 Å². The molecule has 0 bridgehead atoms. The summed E-state index contributed by atoms with van der Waals surface area (Å²) in [6.45, 7) is 2.72. The van der Waals surface area contributed by atoms with Crippen LogP contribution in [0.2, 0.25) is 0 Å². The maximum atomic E-state index is 12.2. The number of anilines is 3. The molecular weight excluding hydrogens is 342 g/mol. The molecule has 3 N–H and O–H groups in total. The van der Waals surface area contributed by atoms with Crippen LogP contribution < -0.4 is 15.8 Å². The summed E-state index contributed by atoms with van der Waals surface area (Å²) in [5.74, 6) is 1.83. The molecule has 0 aliphatic rings. The van der Waals surface area contributed by atoms with Crippen molar-refractivity contribution in [3.63, 3.8) is 0 Å². The highest BCUT2D eigenvalue weighted by Crippen LogP contribution is 2.22. The molecule has 0 amide bonds. The molecule has 0 fully saturated rings. The zero-order valence-electron chi connectivity index (χ0n) is 13.9. The SMILES string of the molecule is C=Cc1cnc(C)n1-c1cc(N)nc(Nc2ccc(OC(F)F)cc2)n1. The summed E-state index contributed by atoms with van der Waals surface area (Å²) in [5, 5.41) is 2.98. The number of halogens is 2. The second-order valence-corrected chi connectivity index (χ2v) is 5.27. The number of nitrogens with zero attached hydrogens (tertiary/aromatic N) is 4. The predicted molar refractivity (Wildman–Crippen MR) is 94.8 cm³/mol. The van der Waals surface area contributed by atoms with Gasteiger partial charge in [-0.1, -0.05) is 6.58 Å². The number of imidazole rings is 1. The van der Waals surface area contributed by atoms with E-state index < -0.39 is 6.61 Å². The minimum Gasteiger partial charge on any atom is -0.435 e. The monoisotopic (exact) mass is 358 g/mol. The molecule has 3 aromatic rings. The lowest BCUT2D eigenvalue weighted by Gasteiger charge is -2.11. The summed E-state index contributed by atoms with van der Waals surface area (Å²) in [6.07, 6.45) is 3.34. The first-order valence-corrected chi connectivity index (χ1v) is 7.60. The van der Waals surface area contributed by atoms with E-state index in [2.05, 4.69) is 31.6 Å². The molecule has 2 heterocycles. The maximum absolute atomic E-state index is 12.2. The Hall–Kier alpha value is -3.49. The molecular formula is C17H16F2N6O. The maximum Gasteiger partial charge on any atom is 0.387 e. The minimum absolute atomic E-state index is 0.0596. The van der Waals surface area contributed by atoms with Crippen molar-refractivity contribution in [2.24, 2.45) is 0 Å². The van der Waals surface area contributed by atoms with Crippen LogP contribution in [-0.4, -0.2) is 26.1 Å². The van der Waals surface area contributed by atoms with Gasteiger partial charge in [0, 0.05) is 11.8 Å². The van der Waals surface area contributed by atoms with Crippen LogP contribution in [0.5, 0.6) is 5.75 Å². The minimum atomic E-state index is -2.87. The molecule has 0 saturated heterocycles. The van der Waals surface area contributed by atoms with Crippen LogP contribution in [-0.2, 0) is 0 Å². The molecule has 0 aliphatic carbocycles. The van der Waals surface area contributed by atoms with Gasteiger partial charge < -0.3 is 15.8 Å².